The largest absolute Gasteiger partial charge is 0.452 e. The Bertz CT molecular complexity index is 836. The summed E-state index contributed by atoms with van der Waals surface area (Å²) in [5, 5.41) is 11.7. The molecular formula is C22H24N2O3. The van der Waals surface area contributed by atoms with Gasteiger partial charge >= 0.3 is 5.97 Å². The number of nitrogens with one attached hydrogen (secondary N) is 1. The van der Waals surface area contributed by atoms with Gasteiger partial charge < -0.3 is 10.1 Å². The van der Waals surface area contributed by atoms with E-state index in [1.54, 1.807) is 0 Å². The molecule has 1 amide bonds. The third-order valence-electron chi connectivity index (χ3n) is 4.22. The minimum absolute atomic E-state index is 0.250. The lowest BCUT2D eigenvalue weighted by Crippen LogP contribution is -2.22. The number of benzene rings is 2. The average molecular weight is 364 g/mol. The molecule has 0 unspecified atom stereocenters. The highest BCUT2D eigenvalue weighted by atomic mass is 16.5. The maximum Gasteiger partial charge on any atom is 0.338 e. The van der Waals surface area contributed by atoms with Crippen molar-refractivity contribution in [2.45, 2.75) is 39.5 Å². The maximum absolute atomic E-state index is 12.4. The van der Waals surface area contributed by atoms with Crippen molar-refractivity contribution in [1.82, 2.24) is 0 Å². The number of anilines is 1. The summed E-state index contributed by atoms with van der Waals surface area (Å²) in [4.78, 5) is 24.4. The highest BCUT2D eigenvalue weighted by Crippen LogP contribution is 2.32. The van der Waals surface area contributed by atoms with Crippen molar-refractivity contribution < 1.29 is 14.3 Å². The molecule has 2 aromatic carbocycles. The van der Waals surface area contributed by atoms with E-state index in [1.165, 1.54) is 24.3 Å². The summed E-state index contributed by atoms with van der Waals surface area (Å²) in [6.45, 7) is 7.91. The van der Waals surface area contributed by atoms with Crippen LogP contribution in [0.5, 0.6) is 0 Å². The first-order valence-electron chi connectivity index (χ1n) is 8.93. The van der Waals surface area contributed by atoms with Gasteiger partial charge in [0.15, 0.2) is 6.61 Å². The predicted molar refractivity (Wildman–Crippen MR) is 105 cm³/mol. The summed E-state index contributed by atoms with van der Waals surface area (Å²) in [5.41, 5.74) is 3.64. The number of esters is 1. The fourth-order valence-electron chi connectivity index (χ4n) is 2.77. The van der Waals surface area contributed by atoms with Crippen molar-refractivity contribution in [3.8, 4) is 6.07 Å². The molecule has 5 nitrogen and oxygen atoms in total. The average Bonchev–Trinajstić information content (AvgIpc) is 2.65. The molecule has 0 aliphatic heterocycles. The summed E-state index contributed by atoms with van der Waals surface area (Å²) < 4.78 is 5.10. The molecule has 1 N–H and O–H groups in total. The van der Waals surface area contributed by atoms with Gasteiger partial charge in [0.05, 0.1) is 17.2 Å². The standard InChI is InChI=1S/C22H24N2O3/c1-14(2)18-6-5-7-19(15(3)4)21(18)24-20(25)13-27-22(26)17-10-8-16(12-23)9-11-17/h5-11,14-15H,13H2,1-4H3,(H,24,25). The Morgan fingerprint density at radius 1 is 1.00 bits per heavy atom. The molecule has 0 saturated carbocycles. The molecule has 0 aliphatic carbocycles. The van der Waals surface area contributed by atoms with Crippen LogP contribution in [0.1, 0.15) is 66.6 Å². The van der Waals surface area contributed by atoms with Gasteiger partial charge in [0.25, 0.3) is 5.91 Å². The molecule has 0 fully saturated rings. The molecule has 0 spiro atoms. The zero-order chi connectivity index (χ0) is 20.0. The van der Waals surface area contributed by atoms with Gasteiger partial charge in [-0.15, -0.1) is 0 Å². The topological polar surface area (TPSA) is 79.2 Å². The van der Waals surface area contributed by atoms with E-state index in [0.717, 1.165) is 16.8 Å². The van der Waals surface area contributed by atoms with Crippen LogP contribution >= 0.6 is 0 Å². The lowest BCUT2D eigenvalue weighted by Gasteiger charge is -2.20. The van der Waals surface area contributed by atoms with Gasteiger partial charge in [0, 0.05) is 5.69 Å². The number of carbonyl (C=O) groups excluding carboxylic acids is 2. The number of nitrogens with zero attached hydrogens (tertiary/aromatic N) is 1. The molecule has 0 radical (unpaired) electrons. The number of para-hydroxylation sites is 1. The molecular weight excluding hydrogens is 340 g/mol. The fourth-order valence-corrected chi connectivity index (χ4v) is 2.77. The molecule has 2 rings (SSSR count). The van der Waals surface area contributed by atoms with Gasteiger partial charge in [0.1, 0.15) is 0 Å². The minimum Gasteiger partial charge on any atom is -0.452 e. The quantitative estimate of drug-likeness (QED) is 0.760. The summed E-state index contributed by atoms with van der Waals surface area (Å²) >= 11 is 0. The Labute approximate surface area is 160 Å². The number of amides is 1. The monoisotopic (exact) mass is 364 g/mol. The molecule has 5 heteroatoms. The molecule has 0 aliphatic rings. The van der Waals surface area contributed by atoms with Gasteiger partial charge in [-0.1, -0.05) is 45.9 Å². The number of rotatable bonds is 6. The predicted octanol–water partition coefficient (Wildman–Crippen LogP) is 4.60. The first-order valence-corrected chi connectivity index (χ1v) is 8.93. The Balaban J connectivity index is 2.07. The van der Waals surface area contributed by atoms with E-state index in [-0.39, 0.29) is 24.3 Å². The summed E-state index contributed by atoms with van der Waals surface area (Å²) in [7, 11) is 0. The molecule has 140 valence electrons. The van der Waals surface area contributed by atoms with Crippen molar-refractivity contribution in [3.63, 3.8) is 0 Å². The summed E-state index contributed by atoms with van der Waals surface area (Å²) in [6, 6.07) is 14.0. The SMILES string of the molecule is CC(C)c1cccc(C(C)C)c1NC(=O)COC(=O)c1ccc(C#N)cc1. The van der Waals surface area contributed by atoms with Gasteiger partial charge in [-0.2, -0.15) is 5.26 Å². The van der Waals surface area contributed by atoms with Crippen molar-refractivity contribution in [2.24, 2.45) is 0 Å². The van der Waals surface area contributed by atoms with Gasteiger partial charge in [0.2, 0.25) is 0 Å². The van der Waals surface area contributed by atoms with E-state index in [9.17, 15) is 9.59 Å². The fraction of sp³-hybridized carbons (Fsp3) is 0.318. The van der Waals surface area contributed by atoms with E-state index in [0.29, 0.717) is 11.1 Å². The number of hydrogen-bond donors (Lipinski definition) is 1. The van der Waals surface area contributed by atoms with E-state index in [1.807, 2.05) is 24.3 Å². The third kappa shape index (κ3) is 5.18. The Morgan fingerprint density at radius 2 is 1.56 bits per heavy atom. The van der Waals surface area contributed by atoms with E-state index < -0.39 is 5.97 Å². The lowest BCUT2D eigenvalue weighted by atomic mass is 9.92. The van der Waals surface area contributed by atoms with Crippen molar-refractivity contribution in [2.75, 3.05) is 11.9 Å². The van der Waals surface area contributed by atoms with Gasteiger partial charge in [-0.05, 0) is 47.2 Å². The third-order valence-corrected chi connectivity index (χ3v) is 4.22. The second-order valence-electron chi connectivity index (χ2n) is 6.93. The van der Waals surface area contributed by atoms with Gasteiger partial charge in [-0.3, -0.25) is 4.79 Å². The van der Waals surface area contributed by atoms with Crippen LogP contribution in [-0.2, 0) is 9.53 Å². The molecule has 0 heterocycles. The second-order valence-corrected chi connectivity index (χ2v) is 6.93. The van der Waals surface area contributed by atoms with Crippen LogP contribution in [0.3, 0.4) is 0 Å². The number of hydrogen-bond acceptors (Lipinski definition) is 4. The molecule has 0 aromatic heterocycles. The molecule has 0 bridgehead atoms. The van der Waals surface area contributed by atoms with Crippen LogP contribution in [0.25, 0.3) is 0 Å². The highest BCUT2D eigenvalue weighted by Gasteiger charge is 2.17. The molecule has 0 atom stereocenters. The van der Waals surface area contributed by atoms with Crippen molar-refractivity contribution >= 4 is 17.6 Å². The van der Waals surface area contributed by atoms with Crippen LogP contribution in [0.4, 0.5) is 5.69 Å². The van der Waals surface area contributed by atoms with Crippen LogP contribution in [0.15, 0.2) is 42.5 Å². The van der Waals surface area contributed by atoms with E-state index in [2.05, 4.69) is 33.0 Å². The number of ether oxygens (including phenoxy) is 1. The number of nitriles is 1. The van der Waals surface area contributed by atoms with Crippen LogP contribution in [0, 0.1) is 11.3 Å². The second kappa shape index (κ2) is 9.00. The Kier molecular flexibility index (Phi) is 6.73. The molecule has 0 saturated heterocycles. The van der Waals surface area contributed by atoms with Gasteiger partial charge in [-0.25, -0.2) is 4.79 Å². The smallest absolute Gasteiger partial charge is 0.338 e. The Morgan fingerprint density at radius 3 is 2.04 bits per heavy atom. The summed E-state index contributed by atoms with van der Waals surface area (Å²) in [6.07, 6.45) is 0. The maximum atomic E-state index is 12.4. The first-order chi connectivity index (χ1) is 12.8. The molecule has 2 aromatic rings. The highest BCUT2D eigenvalue weighted by molar-refractivity contribution is 5.96. The minimum atomic E-state index is -0.601. The van der Waals surface area contributed by atoms with Crippen molar-refractivity contribution in [1.29, 1.82) is 5.26 Å². The zero-order valence-electron chi connectivity index (χ0n) is 16.1. The lowest BCUT2D eigenvalue weighted by molar-refractivity contribution is -0.119. The zero-order valence-corrected chi connectivity index (χ0v) is 16.1. The summed E-state index contributed by atoms with van der Waals surface area (Å²) in [5.74, 6) is -0.483. The number of carbonyl (C=O) groups is 2. The van der Waals surface area contributed by atoms with E-state index >= 15 is 0 Å². The van der Waals surface area contributed by atoms with Crippen LogP contribution in [-0.4, -0.2) is 18.5 Å². The Hall–Kier alpha value is -3.13. The normalized spacial score (nSPS) is 10.6. The van der Waals surface area contributed by atoms with Crippen LogP contribution < -0.4 is 5.32 Å². The molecule has 27 heavy (non-hydrogen) atoms. The van der Waals surface area contributed by atoms with Crippen molar-refractivity contribution in [3.05, 3.63) is 64.7 Å². The van der Waals surface area contributed by atoms with E-state index in [4.69, 9.17) is 10.00 Å². The first kappa shape index (κ1) is 20.2. The van der Waals surface area contributed by atoms with Crippen LogP contribution in [0.2, 0.25) is 0 Å².